The first kappa shape index (κ1) is 9.83. The highest BCUT2D eigenvalue weighted by Gasteiger charge is 2.10. The van der Waals surface area contributed by atoms with Gasteiger partial charge in [0.1, 0.15) is 0 Å². The molecule has 1 aromatic carbocycles. The van der Waals surface area contributed by atoms with E-state index in [-0.39, 0.29) is 6.61 Å². The Morgan fingerprint density at radius 2 is 2.29 bits per heavy atom. The lowest BCUT2D eigenvalue weighted by molar-refractivity contribution is 0.112. The lowest BCUT2D eigenvalue weighted by Gasteiger charge is -1.95. The number of aliphatic hydroxyl groups excluding tert-OH is 1. The highest BCUT2D eigenvalue weighted by molar-refractivity contribution is 9.10. The van der Waals surface area contributed by atoms with Gasteiger partial charge in [-0.25, -0.2) is 0 Å². The zero-order chi connectivity index (χ0) is 10.1. The molecule has 0 saturated carbocycles. The molecule has 0 aliphatic heterocycles. The van der Waals surface area contributed by atoms with E-state index < -0.39 is 0 Å². The van der Waals surface area contributed by atoms with E-state index in [0.717, 1.165) is 26.4 Å². The first-order chi connectivity index (χ1) is 6.76. The van der Waals surface area contributed by atoms with Gasteiger partial charge in [-0.1, -0.05) is 15.9 Å². The summed E-state index contributed by atoms with van der Waals surface area (Å²) in [6.07, 6.45) is 0.796. The zero-order valence-electron chi connectivity index (χ0n) is 7.16. The quantitative estimate of drug-likeness (QED) is 0.852. The van der Waals surface area contributed by atoms with Crippen molar-refractivity contribution >= 4 is 43.6 Å². The zero-order valence-corrected chi connectivity index (χ0v) is 9.56. The highest BCUT2D eigenvalue weighted by atomic mass is 79.9. The Morgan fingerprint density at radius 3 is 2.93 bits per heavy atom. The molecule has 14 heavy (non-hydrogen) atoms. The summed E-state index contributed by atoms with van der Waals surface area (Å²) >= 11 is 4.77. The normalized spacial score (nSPS) is 10.7. The molecule has 1 heterocycles. The fourth-order valence-electron chi connectivity index (χ4n) is 1.40. The van der Waals surface area contributed by atoms with Crippen molar-refractivity contribution < 1.29 is 9.90 Å². The minimum Gasteiger partial charge on any atom is -0.392 e. The smallest absolute Gasteiger partial charge is 0.160 e. The third-order valence-electron chi connectivity index (χ3n) is 2.05. The van der Waals surface area contributed by atoms with Crippen molar-refractivity contribution in [3.05, 3.63) is 33.1 Å². The summed E-state index contributed by atoms with van der Waals surface area (Å²) < 4.78 is 1.98. The molecule has 2 rings (SSSR count). The summed E-state index contributed by atoms with van der Waals surface area (Å²) in [5, 5.41) is 10.1. The maximum absolute atomic E-state index is 10.7. The Kier molecular flexibility index (Phi) is 2.67. The van der Waals surface area contributed by atoms with Gasteiger partial charge < -0.3 is 5.11 Å². The molecular formula is C10H7BrO2S. The average molecular weight is 271 g/mol. The van der Waals surface area contributed by atoms with E-state index in [1.165, 1.54) is 11.3 Å². The van der Waals surface area contributed by atoms with Crippen molar-refractivity contribution in [2.75, 3.05) is 0 Å². The minimum atomic E-state index is -0.0927. The van der Waals surface area contributed by atoms with Crippen molar-refractivity contribution in [1.82, 2.24) is 0 Å². The summed E-state index contributed by atoms with van der Waals surface area (Å²) in [4.78, 5) is 11.3. The van der Waals surface area contributed by atoms with Gasteiger partial charge in [0.2, 0.25) is 0 Å². The molecule has 0 unspecified atom stereocenters. The van der Waals surface area contributed by atoms with Gasteiger partial charge in [0.15, 0.2) is 6.29 Å². The van der Waals surface area contributed by atoms with Gasteiger partial charge in [-0.3, -0.25) is 4.79 Å². The van der Waals surface area contributed by atoms with Crippen LogP contribution in [-0.4, -0.2) is 11.4 Å². The van der Waals surface area contributed by atoms with Gasteiger partial charge in [0.05, 0.1) is 11.5 Å². The molecule has 0 radical (unpaired) electrons. The van der Waals surface area contributed by atoms with Crippen molar-refractivity contribution in [3.8, 4) is 0 Å². The molecule has 0 aliphatic rings. The predicted octanol–water partition coefficient (Wildman–Crippen LogP) is 2.97. The number of aldehydes is 1. The molecule has 0 bridgehead atoms. The third kappa shape index (κ3) is 1.49. The molecule has 4 heteroatoms. The second kappa shape index (κ2) is 3.81. The van der Waals surface area contributed by atoms with Crippen LogP contribution in [0.5, 0.6) is 0 Å². The summed E-state index contributed by atoms with van der Waals surface area (Å²) in [6, 6.07) is 5.79. The number of carbonyl (C=O) groups excluding carboxylic acids is 1. The first-order valence-electron chi connectivity index (χ1n) is 4.03. The maximum Gasteiger partial charge on any atom is 0.160 e. The number of carbonyl (C=O) groups is 1. The minimum absolute atomic E-state index is 0.0927. The van der Waals surface area contributed by atoms with E-state index in [4.69, 9.17) is 5.11 Å². The Balaban J connectivity index is 2.81. The van der Waals surface area contributed by atoms with Crippen LogP contribution in [0.2, 0.25) is 0 Å². The summed E-state index contributed by atoms with van der Waals surface area (Å²) in [6.45, 7) is -0.0927. The van der Waals surface area contributed by atoms with E-state index in [1.54, 1.807) is 0 Å². The number of halogens is 1. The number of thiophene rings is 1. The van der Waals surface area contributed by atoms with Crippen LogP contribution in [0.1, 0.15) is 15.2 Å². The summed E-state index contributed by atoms with van der Waals surface area (Å²) in [5.74, 6) is 0. The second-order valence-corrected chi connectivity index (χ2v) is 4.86. The van der Waals surface area contributed by atoms with Crippen LogP contribution in [0.15, 0.2) is 22.7 Å². The molecule has 0 spiro atoms. The molecule has 0 atom stereocenters. The van der Waals surface area contributed by atoms with Crippen LogP contribution in [0.4, 0.5) is 0 Å². The highest BCUT2D eigenvalue weighted by Crippen LogP contribution is 2.32. The van der Waals surface area contributed by atoms with E-state index >= 15 is 0 Å². The number of hydrogen-bond donors (Lipinski definition) is 1. The Bertz CT molecular complexity index is 490. The lowest BCUT2D eigenvalue weighted by Crippen LogP contribution is -1.85. The largest absolute Gasteiger partial charge is 0.392 e. The van der Waals surface area contributed by atoms with Crippen LogP contribution in [0.25, 0.3) is 10.1 Å². The fourth-order valence-corrected chi connectivity index (χ4v) is 2.77. The Morgan fingerprint density at radius 1 is 1.50 bits per heavy atom. The summed E-state index contributed by atoms with van der Waals surface area (Å²) in [7, 11) is 0. The number of aliphatic hydroxyl groups is 1. The maximum atomic E-state index is 10.7. The first-order valence-corrected chi connectivity index (χ1v) is 5.64. The third-order valence-corrected chi connectivity index (χ3v) is 3.68. The number of fused-ring (bicyclic) bond motifs is 1. The second-order valence-electron chi connectivity index (χ2n) is 2.86. The molecular weight excluding hydrogens is 264 g/mol. The van der Waals surface area contributed by atoms with Crippen molar-refractivity contribution in [3.63, 3.8) is 0 Å². The summed E-state index contributed by atoms with van der Waals surface area (Å²) in [5.41, 5.74) is 0.723. The molecule has 2 nitrogen and oxygen atoms in total. The van der Waals surface area contributed by atoms with Gasteiger partial charge in [0.25, 0.3) is 0 Å². The van der Waals surface area contributed by atoms with Gasteiger partial charge in [-0.2, -0.15) is 0 Å². The Hall–Kier alpha value is -0.710. The average Bonchev–Trinajstić information content (AvgIpc) is 2.54. The van der Waals surface area contributed by atoms with Gasteiger partial charge in [-0.05, 0) is 23.6 Å². The molecule has 0 fully saturated rings. The van der Waals surface area contributed by atoms with E-state index in [0.29, 0.717) is 4.88 Å². The molecule has 0 amide bonds. The molecule has 1 N–H and O–H groups in total. The van der Waals surface area contributed by atoms with Crippen molar-refractivity contribution in [1.29, 1.82) is 0 Å². The monoisotopic (exact) mass is 270 g/mol. The van der Waals surface area contributed by atoms with Gasteiger partial charge >= 0.3 is 0 Å². The predicted molar refractivity (Wildman–Crippen MR) is 60.8 cm³/mol. The standard InChI is InChI=1S/C10H7BrO2S/c11-6-1-2-9-7(3-6)8(4-12)10(5-13)14-9/h1-3,5,12H,4H2. The molecule has 2 aromatic rings. The van der Waals surface area contributed by atoms with Crippen LogP contribution >= 0.6 is 27.3 Å². The Labute approximate surface area is 93.3 Å². The van der Waals surface area contributed by atoms with Crippen LogP contribution in [0.3, 0.4) is 0 Å². The van der Waals surface area contributed by atoms with Crippen LogP contribution in [-0.2, 0) is 6.61 Å². The van der Waals surface area contributed by atoms with E-state index in [1.807, 2.05) is 18.2 Å². The van der Waals surface area contributed by atoms with Gasteiger partial charge in [-0.15, -0.1) is 11.3 Å². The lowest BCUT2D eigenvalue weighted by atomic mass is 10.1. The topological polar surface area (TPSA) is 37.3 Å². The van der Waals surface area contributed by atoms with Crippen molar-refractivity contribution in [2.45, 2.75) is 6.61 Å². The SMILES string of the molecule is O=Cc1sc2ccc(Br)cc2c1CO. The van der Waals surface area contributed by atoms with Crippen LogP contribution < -0.4 is 0 Å². The van der Waals surface area contributed by atoms with Gasteiger partial charge in [0, 0.05) is 14.7 Å². The van der Waals surface area contributed by atoms with E-state index in [2.05, 4.69) is 15.9 Å². The molecule has 0 aliphatic carbocycles. The molecule has 1 aromatic heterocycles. The number of hydrogen-bond acceptors (Lipinski definition) is 3. The molecule has 0 saturated heterocycles. The number of rotatable bonds is 2. The van der Waals surface area contributed by atoms with Crippen LogP contribution in [0, 0.1) is 0 Å². The molecule has 72 valence electrons. The fraction of sp³-hybridized carbons (Fsp3) is 0.100. The number of benzene rings is 1. The van der Waals surface area contributed by atoms with E-state index in [9.17, 15) is 4.79 Å². The van der Waals surface area contributed by atoms with Crippen molar-refractivity contribution in [2.24, 2.45) is 0 Å².